The first kappa shape index (κ1) is 34.3. The third kappa shape index (κ3) is 6.42. The van der Waals surface area contributed by atoms with Crippen molar-refractivity contribution in [3.63, 3.8) is 0 Å². The van der Waals surface area contributed by atoms with E-state index in [0.717, 1.165) is 79.1 Å². The molecule has 9 aromatic rings. The van der Waals surface area contributed by atoms with Crippen LogP contribution in [0.25, 0.3) is 108 Å². The van der Waals surface area contributed by atoms with Gasteiger partial charge < -0.3 is 0 Å². The Kier molecular flexibility index (Phi) is 8.42. The predicted molar refractivity (Wildman–Crippen MR) is 244 cm³/mol. The van der Waals surface area contributed by atoms with Gasteiger partial charge in [-0.2, -0.15) is 0 Å². The zero-order valence-electron chi connectivity index (χ0n) is 32.0. The number of nitrogens with zero attached hydrogens (tertiary/aromatic N) is 4. The van der Waals surface area contributed by atoms with Crippen molar-refractivity contribution in [1.29, 1.82) is 0 Å². The molecule has 274 valence electrons. The van der Waals surface area contributed by atoms with Crippen LogP contribution in [0.15, 0.2) is 182 Å². The monoisotopic (exact) mass is 750 g/mol. The van der Waals surface area contributed by atoms with E-state index >= 15 is 0 Å². The average molecular weight is 751 g/mol. The van der Waals surface area contributed by atoms with E-state index in [1.54, 1.807) is 6.20 Å². The second-order valence-electron chi connectivity index (χ2n) is 14.9. The first-order valence-electron chi connectivity index (χ1n) is 19.8. The summed E-state index contributed by atoms with van der Waals surface area (Å²) in [5, 5.41) is 5.04. The molecule has 3 heterocycles. The smallest absolute Gasteiger partial charge is 0.161 e. The molecule has 0 fully saturated rings. The van der Waals surface area contributed by atoms with Crippen LogP contribution in [0.3, 0.4) is 0 Å². The van der Waals surface area contributed by atoms with Crippen LogP contribution in [0, 0.1) is 0 Å². The number of benzene rings is 6. The Bertz CT molecular complexity index is 3290. The fourth-order valence-electron chi connectivity index (χ4n) is 8.31. The number of hydrogen-bond acceptors (Lipinski definition) is 4. The lowest BCUT2D eigenvalue weighted by atomic mass is 9.91. The maximum atomic E-state index is 5.21. The molecule has 0 atom stereocenters. The summed E-state index contributed by atoms with van der Waals surface area (Å²) in [6.45, 7) is 0. The molecule has 0 saturated carbocycles. The molecule has 0 amide bonds. The lowest BCUT2D eigenvalue weighted by Crippen LogP contribution is -1.97. The highest BCUT2D eigenvalue weighted by Crippen LogP contribution is 2.39. The number of allylic oxidation sites excluding steroid dienone is 2. The van der Waals surface area contributed by atoms with Crippen LogP contribution in [-0.2, 0) is 0 Å². The molecule has 59 heavy (non-hydrogen) atoms. The summed E-state index contributed by atoms with van der Waals surface area (Å²) in [5.41, 5.74) is 21.9. The quantitative estimate of drug-likeness (QED) is 0.125. The van der Waals surface area contributed by atoms with E-state index in [1.807, 2.05) is 30.6 Å². The van der Waals surface area contributed by atoms with Gasteiger partial charge in [-0.1, -0.05) is 133 Å². The summed E-state index contributed by atoms with van der Waals surface area (Å²) in [4.78, 5) is 19.8. The van der Waals surface area contributed by atoms with Crippen molar-refractivity contribution in [3.8, 4) is 56.2 Å². The molecule has 4 heteroatoms. The summed E-state index contributed by atoms with van der Waals surface area (Å²) in [7, 11) is 0. The molecule has 4 nitrogen and oxygen atoms in total. The van der Waals surface area contributed by atoms with Gasteiger partial charge in [-0.3, -0.25) is 9.97 Å². The predicted octanol–water partition coefficient (Wildman–Crippen LogP) is 13.7. The van der Waals surface area contributed by atoms with Crippen LogP contribution >= 0.6 is 0 Å². The molecule has 0 unspecified atom stereocenters. The largest absolute Gasteiger partial charge is 0.264 e. The zero-order valence-corrected chi connectivity index (χ0v) is 32.0. The molecule has 2 aliphatic rings. The van der Waals surface area contributed by atoms with E-state index in [0.29, 0.717) is 5.82 Å². The van der Waals surface area contributed by atoms with Crippen LogP contribution in [-0.4, -0.2) is 19.9 Å². The van der Waals surface area contributed by atoms with Crippen molar-refractivity contribution >= 4 is 51.4 Å². The minimum atomic E-state index is 0.619. The van der Waals surface area contributed by atoms with Crippen molar-refractivity contribution in [1.82, 2.24) is 19.9 Å². The van der Waals surface area contributed by atoms with E-state index in [4.69, 9.17) is 15.0 Å². The fraction of sp³-hybridized carbons (Fsp3) is 0.0182. The molecule has 11 rings (SSSR count). The fourth-order valence-corrected chi connectivity index (χ4v) is 8.31. The minimum Gasteiger partial charge on any atom is -0.264 e. The molecular weight excluding hydrogens is 717 g/mol. The molecule has 0 bridgehead atoms. The van der Waals surface area contributed by atoms with Crippen LogP contribution in [0.1, 0.15) is 34.4 Å². The van der Waals surface area contributed by atoms with E-state index in [-0.39, 0.29) is 0 Å². The Hall–Kier alpha value is -8.00. The molecule has 0 saturated heterocycles. The molecule has 0 radical (unpaired) electrons. The summed E-state index contributed by atoms with van der Waals surface area (Å²) < 4.78 is 0. The lowest BCUT2D eigenvalue weighted by Gasteiger charge is -2.13. The van der Waals surface area contributed by atoms with Crippen molar-refractivity contribution in [2.75, 3.05) is 0 Å². The standard InChI is InChI=1S/C55H34N4/c1-2-11-39-30-41(26-23-36(39)10-1)40-12-7-13-42(31-40)54-33-53(38-24-21-37(22-25-38)44-15-9-29-56-34-44)58-55(59-54)45-27-28-52(57-35-45)43-14-8-20-50-48-18-4-3-16-46(48)47-17-5-6-19-49(47)51(50)32-43/h3-13,15-35H,14H2. The summed E-state index contributed by atoms with van der Waals surface area (Å²) >= 11 is 0. The highest BCUT2D eigenvalue weighted by atomic mass is 14.9. The lowest BCUT2D eigenvalue weighted by molar-refractivity contribution is 1.16. The number of hydrogen-bond donors (Lipinski definition) is 0. The van der Waals surface area contributed by atoms with Crippen LogP contribution in [0.4, 0.5) is 0 Å². The Balaban J connectivity index is 0.993. The van der Waals surface area contributed by atoms with Crippen molar-refractivity contribution in [2.24, 2.45) is 0 Å². The van der Waals surface area contributed by atoms with Gasteiger partial charge in [0.05, 0.1) is 17.1 Å². The van der Waals surface area contributed by atoms with E-state index in [9.17, 15) is 0 Å². The number of aromatic nitrogens is 4. The molecule has 0 N–H and O–H groups in total. The molecule has 0 aliphatic heterocycles. The molecule has 6 aromatic carbocycles. The van der Waals surface area contributed by atoms with Crippen LogP contribution in [0.5, 0.6) is 0 Å². The van der Waals surface area contributed by atoms with Crippen molar-refractivity contribution in [3.05, 3.63) is 210 Å². The van der Waals surface area contributed by atoms with Crippen LogP contribution < -0.4 is 0 Å². The highest BCUT2D eigenvalue weighted by Gasteiger charge is 2.17. The maximum Gasteiger partial charge on any atom is 0.161 e. The Morgan fingerprint density at radius 2 is 1.10 bits per heavy atom. The third-order valence-electron chi connectivity index (χ3n) is 11.3. The average Bonchev–Trinajstić information content (AvgIpc) is 3.56. The highest BCUT2D eigenvalue weighted by molar-refractivity contribution is 6.16. The molecular formula is C55H34N4. The Morgan fingerprint density at radius 1 is 0.441 bits per heavy atom. The number of rotatable bonds is 6. The minimum absolute atomic E-state index is 0.619. The number of fused-ring (bicyclic) bond motifs is 7. The van der Waals surface area contributed by atoms with Gasteiger partial charge in [-0.25, -0.2) is 9.97 Å². The molecule has 0 spiro atoms. The van der Waals surface area contributed by atoms with Crippen LogP contribution in [0.2, 0.25) is 0 Å². The van der Waals surface area contributed by atoms with E-state index in [2.05, 4.69) is 174 Å². The summed E-state index contributed by atoms with van der Waals surface area (Å²) in [6.07, 6.45) is 17.2. The first-order valence-corrected chi connectivity index (χ1v) is 19.8. The summed E-state index contributed by atoms with van der Waals surface area (Å²) in [5.74, 6) is 0.619. The number of pyridine rings is 2. The second-order valence-corrected chi connectivity index (χ2v) is 14.9. The SMILES string of the molecule is C1=C=Cc2cc(-c3cccc(-c4cc(-c5ccc(-c6cccnc6)cc5)nc(-c5ccc(C6=Cc7c(c8ccccc8c8ccccc78)C=CC6)nc5)n4)c3)ccc2C=1. The summed E-state index contributed by atoms with van der Waals surface area (Å²) in [6, 6.07) is 51.3. The van der Waals surface area contributed by atoms with E-state index < -0.39 is 0 Å². The molecule has 3 aromatic heterocycles. The van der Waals surface area contributed by atoms with E-state index in [1.165, 1.54) is 32.7 Å². The normalized spacial score (nSPS) is 12.6. The zero-order chi connectivity index (χ0) is 39.1. The van der Waals surface area contributed by atoms with Gasteiger partial charge in [0.25, 0.3) is 0 Å². The Morgan fingerprint density at radius 3 is 1.86 bits per heavy atom. The van der Waals surface area contributed by atoms with Gasteiger partial charge in [-0.05, 0) is 133 Å². The van der Waals surface area contributed by atoms with Gasteiger partial charge in [0.15, 0.2) is 5.82 Å². The van der Waals surface area contributed by atoms with Crippen molar-refractivity contribution < 1.29 is 0 Å². The topological polar surface area (TPSA) is 51.6 Å². The Labute approximate surface area is 342 Å². The van der Waals surface area contributed by atoms with Gasteiger partial charge >= 0.3 is 0 Å². The molecule has 2 aliphatic carbocycles. The van der Waals surface area contributed by atoms with Gasteiger partial charge in [0.2, 0.25) is 0 Å². The second kappa shape index (κ2) is 14.5. The third-order valence-corrected chi connectivity index (χ3v) is 11.3. The van der Waals surface area contributed by atoms with Gasteiger partial charge in [-0.15, -0.1) is 0 Å². The van der Waals surface area contributed by atoms with Crippen molar-refractivity contribution in [2.45, 2.75) is 6.42 Å². The first-order chi connectivity index (χ1) is 29.2. The maximum absolute atomic E-state index is 5.21. The van der Waals surface area contributed by atoms with Gasteiger partial charge in [0.1, 0.15) is 0 Å². The van der Waals surface area contributed by atoms with Gasteiger partial charge in [0, 0.05) is 35.3 Å².